The molecule has 0 aliphatic heterocycles. The monoisotopic (exact) mass is 263 g/mol. The summed E-state index contributed by atoms with van der Waals surface area (Å²) >= 11 is 0. The quantitative estimate of drug-likeness (QED) is 0.733. The second-order valence-corrected chi connectivity index (χ2v) is 4.67. The molecule has 1 atom stereocenters. The van der Waals surface area contributed by atoms with Gasteiger partial charge in [0.05, 0.1) is 6.61 Å². The molecule has 0 fully saturated rings. The van der Waals surface area contributed by atoms with E-state index in [1.807, 2.05) is 37.3 Å². The van der Waals surface area contributed by atoms with Gasteiger partial charge in [0.15, 0.2) is 0 Å². The second-order valence-electron chi connectivity index (χ2n) is 4.67. The highest BCUT2D eigenvalue weighted by atomic mass is 16.5. The summed E-state index contributed by atoms with van der Waals surface area (Å²) in [6.07, 6.45) is 2.71. The lowest BCUT2D eigenvalue weighted by Gasteiger charge is -2.23. The topological polar surface area (TPSA) is 38.3 Å². The van der Waals surface area contributed by atoms with Crippen molar-refractivity contribution in [1.29, 1.82) is 0 Å². The van der Waals surface area contributed by atoms with Crippen LogP contribution in [-0.2, 0) is 16.0 Å². The summed E-state index contributed by atoms with van der Waals surface area (Å²) in [6.45, 7) is 6.53. The van der Waals surface area contributed by atoms with Crippen LogP contribution in [-0.4, -0.2) is 24.7 Å². The van der Waals surface area contributed by atoms with Crippen LogP contribution in [0, 0.1) is 0 Å². The molecule has 0 bridgehead atoms. The van der Waals surface area contributed by atoms with E-state index in [4.69, 9.17) is 4.74 Å². The SMILES string of the molecule is CCOC(=O)C(Cc1ccccc1)NC(CC)CC. The molecule has 0 saturated carbocycles. The molecule has 0 spiro atoms. The number of benzene rings is 1. The van der Waals surface area contributed by atoms with Crippen LogP contribution in [0.25, 0.3) is 0 Å². The van der Waals surface area contributed by atoms with Gasteiger partial charge >= 0.3 is 5.97 Å². The maximum absolute atomic E-state index is 12.0. The Bertz CT molecular complexity index is 360. The third-order valence-electron chi connectivity index (χ3n) is 3.28. The predicted octanol–water partition coefficient (Wildman–Crippen LogP) is 2.94. The highest BCUT2D eigenvalue weighted by Gasteiger charge is 2.22. The van der Waals surface area contributed by atoms with E-state index < -0.39 is 0 Å². The van der Waals surface area contributed by atoms with E-state index >= 15 is 0 Å². The molecule has 19 heavy (non-hydrogen) atoms. The molecule has 0 amide bonds. The standard InChI is InChI=1S/C16H25NO2/c1-4-14(5-2)17-15(16(18)19-6-3)12-13-10-8-7-9-11-13/h7-11,14-15,17H,4-6,12H2,1-3H3. The molecule has 0 aliphatic carbocycles. The van der Waals surface area contributed by atoms with Crippen LogP contribution in [0.5, 0.6) is 0 Å². The minimum Gasteiger partial charge on any atom is -0.465 e. The Morgan fingerprint density at radius 1 is 1.16 bits per heavy atom. The molecule has 3 nitrogen and oxygen atoms in total. The molecule has 1 rings (SSSR count). The normalized spacial score (nSPS) is 12.4. The third kappa shape index (κ3) is 5.43. The van der Waals surface area contributed by atoms with Crippen molar-refractivity contribution >= 4 is 5.97 Å². The predicted molar refractivity (Wildman–Crippen MR) is 78.1 cm³/mol. The maximum Gasteiger partial charge on any atom is 0.323 e. The molecule has 3 heteroatoms. The molecular weight excluding hydrogens is 238 g/mol. The molecule has 106 valence electrons. The van der Waals surface area contributed by atoms with Crippen molar-refractivity contribution in [3.8, 4) is 0 Å². The van der Waals surface area contributed by atoms with E-state index in [0.717, 1.165) is 18.4 Å². The lowest BCUT2D eigenvalue weighted by atomic mass is 10.0. The molecule has 1 unspecified atom stereocenters. The van der Waals surface area contributed by atoms with Gasteiger partial charge in [0.1, 0.15) is 6.04 Å². The number of rotatable bonds is 8. The van der Waals surface area contributed by atoms with E-state index in [1.54, 1.807) is 0 Å². The van der Waals surface area contributed by atoms with Crippen LogP contribution in [0.1, 0.15) is 39.2 Å². The molecule has 0 aliphatic rings. The number of hydrogen-bond acceptors (Lipinski definition) is 3. The number of ether oxygens (including phenoxy) is 1. The van der Waals surface area contributed by atoms with E-state index in [1.165, 1.54) is 0 Å². The minimum absolute atomic E-state index is 0.154. The smallest absolute Gasteiger partial charge is 0.323 e. The molecule has 0 heterocycles. The largest absolute Gasteiger partial charge is 0.465 e. The Morgan fingerprint density at radius 2 is 1.79 bits per heavy atom. The fraction of sp³-hybridized carbons (Fsp3) is 0.562. The third-order valence-corrected chi connectivity index (χ3v) is 3.28. The van der Waals surface area contributed by atoms with E-state index in [2.05, 4.69) is 19.2 Å². The Hall–Kier alpha value is -1.35. The van der Waals surface area contributed by atoms with Gasteiger partial charge in [0, 0.05) is 6.04 Å². The lowest BCUT2D eigenvalue weighted by Crippen LogP contribution is -2.45. The van der Waals surface area contributed by atoms with Gasteiger partial charge in [-0.05, 0) is 31.7 Å². The Balaban J connectivity index is 2.71. The first-order chi connectivity index (χ1) is 9.21. The van der Waals surface area contributed by atoms with Gasteiger partial charge in [-0.25, -0.2) is 0 Å². The lowest BCUT2D eigenvalue weighted by molar-refractivity contribution is -0.145. The van der Waals surface area contributed by atoms with Crippen LogP contribution >= 0.6 is 0 Å². The first kappa shape index (κ1) is 15.7. The zero-order chi connectivity index (χ0) is 14.1. The number of carbonyl (C=O) groups is 1. The van der Waals surface area contributed by atoms with Gasteiger partial charge in [-0.15, -0.1) is 0 Å². The summed E-state index contributed by atoms with van der Waals surface area (Å²) < 4.78 is 5.16. The van der Waals surface area contributed by atoms with Crippen molar-refractivity contribution < 1.29 is 9.53 Å². The van der Waals surface area contributed by atoms with Crippen molar-refractivity contribution in [3.63, 3.8) is 0 Å². The van der Waals surface area contributed by atoms with Crippen LogP contribution < -0.4 is 5.32 Å². The van der Waals surface area contributed by atoms with Gasteiger partial charge < -0.3 is 10.1 Å². The van der Waals surface area contributed by atoms with Gasteiger partial charge in [0.2, 0.25) is 0 Å². The fourth-order valence-electron chi connectivity index (χ4n) is 2.11. The summed E-state index contributed by atoms with van der Waals surface area (Å²) in [5.41, 5.74) is 1.15. The Labute approximate surface area is 116 Å². The average molecular weight is 263 g/mol. The molecule has 1 aromatic carbocycles. The number of nitrogens with one attached hydrogen (secondary N) is 1. The zero-order valence-corrected chi connectivity index (χ0v) is 12.2. The van der Waals surface area contributed by atoms with Crippen LogP contribution in [0.4, 0.5) is 0 Å². The van der Waals surface area contributed by atoms with Crippen molar-refractivity contribution in [2.24, 2.45) is 0 Å². The summed E-state index contributed by atoms with van der Waals surface area (Å²) in [4.78, 5) is 12.0. The van der Waals surface area contributed by atoms with E-state index in [9.17, 15) is 4.79 Å². The minimum atomic E-state index is -0.257. The Kier molecular flexibility index (Phi) is 7.19. The number of esters is 1. The van der Waals surface area contributed by atoms with Crippen molar-refractivity contribution in [3.05, 3.63) is 35.9 Å². The Morgan fingerprint density at radius 3 is 2.32 bits per heavy atom. The summed E-state index contributed by atoms with van der Waals surface area (Å²) in [7, 11) is 0. The molecule has 0 saturated heterocycles. The van der Waals surface area contributed by atoms with Crippen molar-refractivity contribution in [2.45, 2.75) is 52.1 Å². The molecule has 1 aromatic rings. The second kappa shape index (κ2) is 8.70. The van der Waals surface area contributed by atoms with E-state index in [-0.39, 0.29) is 12.0 Å². The molecule has 0 aromatic heterocycles. The van der Waals surface area contributed by atoms with Gasteiger partial charge in [-0.3, -0.25) is 4.79 Å². The molecular formula is C16H25NO2. The molecule has 0 radical (unpaired) electrons. The summed E-state index contributed by atoms with van der Waals surface area (Å²) in [5.74, 6) is -0.154. The van der Waals surface area contributed by atoms with Crippen LogP contribution in [0.2, 0.25) is 0 Å². The fourth-order valence-corrected chi connectivity index (χ4v) is 2.11. The highest BCUT2D eigenvalue weighted by Crippen LogP contribution is 2.07. The van der Waals surface area contributed by atoms with Crippen LogP contribution in [0.3, 0.4) is 0 Å². The first-order valence-corrected chi connectivity index (χ1v) is 7.17. The maximum atomic E-state index is 12.0. The highest BCUT2D eigenvalue weighted by molar-refractivity contribution is 5.76. The van der Waals surface area contributed by atoms with Gasteiger partial charge in [0.25, 0.3) is 0 Å². The summed E-state index contributed by atoms with van der Waals surface area (Å²) in [5, 5.41) is 3.41. The zero-order valence-electron chi connectivity index (χ0n) is 12.2. The average Bonchev–Trinajstić information content (AvgIpc) is 2.44. The van der Waals surface area contributed by atoms with Gasteiger partial charge in [-0.2, -0.15) is 0 Å². The van der Waals surface area contributed by atoms with E-state index in [0.29, 0.717) is 19.1 Å². The molecule has 1 N–H and O–H groups in total. The number of carbonyl (C=O) groups excluding carboxylic acids is 1. The van der Waals surface area contributed by atoms with Crippen molar-refractivity contribution in [1.82, 2.24) is 5.32 Å². The number of hydrogen-bond donors (Lipinski definition) is 1. The first-order valence-electron chi connectivity index (χ1n) is 7.17. The van der Waals surface area contributed by atoms with Gasteiger partial charge in [-0.1, -0.05) is 44.2 Å². The van der Waals surface area contributed by atoms with Crippen molar-refractivity contribution in [2.75, 3.05) is 6.61 Å². The van der Waals surface area contributed by atoms with Crippen LogP contribution in [0.15, 0.2) is 30.3 Å². The summed E-state index contributed by atoms with van der Waals surface area (Å²) in [6, 6.07) is 10.2.